The fourth-order valence-electron chi connectivity index (χ4n) is 12.9. The summed E-state index contributed by atoms with van der Waals surface area (Å²) in [4.78, 5) is 2.26. The van der Waals surface area contributed by atoms with E-state index in [4.69, 9.17) is 14.2 Å². The Labute approximate surface area is 380 Å². The Hall–Kier alpha value is -0.940. The highest BCUT2D eigenvalue weighted by atomic mass is 16.5. The molecule has 0 aromatic heterocycles. The van der Waals surface area contributed by atoms with Gasteiger partial charge in [-0.25, -0.2) is 0 Å². The fourth-order valence-corrected chi connectivity index (χ4v) is 12.9. The minimum absolute atomic E-state index is 0.335. The maximum absolute atomic E-state index is 6.59. The molecule has 0 N–H and O–H groups in total. The Kier molecular flexibility index (Phi) is 25.5. The molecule has 4 aliphatic carbocycles. The predicted molar refractivity (Wildman–Crippen MR) is 264 cm³/mol. The van der Waals surface area contributed by atoms with Crippen LogP contribution in [0.15, 0.2) is 36.0 Å². The third-order valence-corrected chi connectivity index (χ3v) is 16.9. The van der Waals surface area contributed by atoms with Crippen molar-refractivity contribution in [3.63, 3.8) is 0 Å². The number of allylic oxidation sites excluding steroid dienone is 5. The van der Waals surface area contributed by atoms with Gasteiger partial charge in [-0.15, -0.1) is 0 Å². The molecule has 4 heteroatoms. The third-order valence-electron chi connectivity index (χ3n) is 16.9. The lowest BCUT2D eigenvalue weighted by Crippen LogP contribution is -2.51. The monoisotopic (exact) mass is 850 g/mol. The highest BCUT2D eigenvalue weighted by Gasteiger charge is 2.59. The van der Waals surface area contributed by atoms with E-state index in [2.05, 4.69) is 90.9 Å². The standard InChI is InChI=1S/C57H103NO3/c1-9-10-11-12-13-14-15-16-17-18-19-20-21-22-24-27-41-59-45-50(58(7)8)46-60-42-28-25-23-26-29-43-61-51-37-39-56(5)49(44-51)33-34-52-54-36-35-53(48(4)32-30-31-47(2)3)57(54,6)40-38-55(52)56/h13-14,16-17,33,47-48,50-55H,9-12,15,18-32,34-46H2,1-8H3/b14-13-,17-16-/t48-,50-,51?,52+,53-,54+,55+,56+,57-/m1/s1. The number of fused-ring (bicyclic) bond motifs is 5. The number of ether oxygens (including phenoxy) is 3. The fraction of sp³-hybridized carbons (Fsp3) is 0.895. The lowest BCUT2D eigenvalue weighted by Gasteiger charge is -2.58. The summed E-state index contributed by atoms with van der Waals surface area (Å²) in [5.41, 5.74) is 2.79. The molecule has 0 radical (unpaired) electrons. The van der Waals surface area contributed by atoms with Gasteiger partial charge >= 0.3 is 0 Å². The van der Waals surface area contributed by atoms with Crippen LogP contribution in [0.1, 0.15) is 221 Å². The molecule has 354 valence electrons. The Bertz CT molecular complexity index is 1220. The average molecular weight is 850 g/mol. The van der Waals surface area contributed by atoms with Crippen LogP contribution in [0.25, 0.3) is 0 Å². The number of nitrogens with zero attached hydrogens (tertiary/aromatic N) is 1. The Balaban J connectivity index is 0.968. The molecule has 1 unspecified atom stereocenters. The molecule has 0 aromatic rings. The van der Waals surface area contributed by atoms with Gasteiger partial charge in [0, 0.05) is 19.8 Å². The number of hydrogen-bond acceptors (Lipinski definition) is 4. The van der Waals surface area contributed by atoms with Crippen LogP contribution in [0.5, 0.6) is 0 Å². The second kappa shape index (κ2) is 29.6. The van der Waals surface area contributed by atoms with Gasteiger partial charge in [-0.05, 0) is 163 Å². The van der Waals surface area contributed by atoms with Crippen LogP contribution in [-0.2, 0) is 14.2 Å². The first-order valence-electron chi connectivity index (χ1n) is 27.0. The molecule has 0 aromatic carbocycles. The number of likely N-dealkylation sites (N-methyl/N-ethyl adjacent to an activating group) is 1. The van der Waals surface area contributed by atoms with Crippen molar-refractivity contribution in [3.8, 4) is 0 Å². The zero-order chi connectivity index (χ0) is 43.8. The first-order valence-corrected chi connectivity index (χ1v) is 27.0. The van der Waals surface area contributed by atoms with Gasteiger partial charge in [0.2, 0.25) is 0 Å². The molecule has 0 bridgehead atoms. The van der Waals surface area contributed by atoms with Crippen LogP contribution in [0, 0.1) is 46.3 Å². The summed E-state index contributed by atoms with van der Waals surface area (Å²) in [6, 6.07) is 0.335. The second-order valence-electron chi connectivity index (χ2n) is 22.1. The minimum Gasteiger partial charge on any atom is -0.380 e. The van der Waals surface area contributed by atoms with E-state index in [1.54, 1.807) is 5.57 Å². The van der Waals surface area contributed by atoms with E-state index in [0.29, 0.717) is 23.0 Å². The highest BCUT2D eigenvalue weighted by Crippen LogP contribution is 2.67. The number of hydrogen-bond donors (Lipinski definition) is 0. The first kappa shape index (κ1) is 52.7. The maximum atomic E-state index is 6.59. The zero-order valence-corrected chi connectivity index (χ0v) is 42.0. The Morgan fingerprint density at radius 3 is 1.93 bits per heavy atom. The highest BCUT2D eigenvalue weighted by molar-refractivity contribution is 5.25. The van der Waals surface area contributed by atoms with Crippen molar-refractivity contribution in [3.05, 3.63) is 36.0 Å². The van der Waals surface area contributed by atoms with Crippen LogP contribution in [-0.4, -0.2) is 64.2 Å². The van der Waals surface area contributed by atoms with Crippen LogP contribution >= 0.6 is 0 Å². The van der Waals surface area contributed by atoms with Crippen molar-refractivity contribution >= 4 is 0 Å². The summed E-state index contributed by atoms with van der Waals surface area (Å²) >= 11 is 0. The van der Waals surface area contributed by atoms with Crippen LogP contribution < -0.4 is 0 Å². The second-order valence-corrected chi connectivity index (χ2v) is 22.1. The quantitative estimate of drug-likeness (QED) is 0.0477. The van der Waals surface area contributed by atoms with Gasteiger partial charge in [0.15, 0.2) is 0 Å². The normalized spacial score (nSPS) is 28.8. The van der Waals surface area contributed by atoms with E-state index in [9.17, 15) is 0 Å². The zero-order valence-electron chi connectivity index (χ0n) is 42.0. The molecule has 0 amide bonds. The first-order chi connectivity index (χ1) is 29.6. The molecule has 0 saturated heterocycles. The summed E-state index contributed by atoms with van der Waals surface area (Å²) in [5, 5.41) is 0. The van der Waals surface area contributed by atoms with Gasteiger partial charge in [0.1, 0.15) is 0 Å². The SMILES string of the molecule is CCCCC/C=C\C/C=C\CCCCCCCCOC[C@H](COCCCCCCCOC1CC[C@@]2(C)C(=CC[C@H]3[C@@H]4CC[C@H]([C@H](C)CCCC(C)C)[C@@]4(C)CC[C@@H]32)C1)N(C)C. The maximum Gasteiger partial charge on any atom is 0.0644 e. The van der Waals surface area contributed by atoms with Gasteiger partial charge in [-0.1, -0.05) is 155 Å². The van der Waals surface area contributed by atoms with Crippen molar-refractivity contribution in [1.29, 1.82) is 0 Å². The molecule has 3 saturated carbocycles. The van der Waals surface area contributed by atoms with Gasteiger partial charge in [-0.2, -0.15) is 0 Å². The van der Waals surface area contributed by atoms with Gasteiger partial charge in [0.05, 0.1) is 25.4 Å². The van der Waals surface area contributed by atoms with Crippen LogP contribution in [0.2, 0.25) is 0 Å². The van der Waals surface area contributed by atoms with Crippen molar-refractivity contribution in [2.75, 3.05) is 47.1 Å². The van der Waals surface area contributed by atoms with Gasteiger partial charge < -0.3 is 19.1 Å². The molecular weight excluding hydrogens is 747 g/mol. The van der Waals surface area contributed by atoms with Crippen LogP contribution in [0.3, 0.4) is 0 Å². The van der Waals surface area contributed by atoms with Crippen molar-refractivity contribution in [2.24, 2.45) is 46.3 Å². The van der Waals surface area contributed by atoms with E-state index in [1.807, 2.05) is 0 Å². The van der Waals surface area contributed by atoms with E-state index >= 15 is 0 Å². The largest absolute Gasteiger partial charge is 0.380 e. The molecule has 0 aliphatic heterocycles. The van der Waals surface area contributed by atoms with Crippen molar-refractivity contribution in [2.45, 2.75) is 233 Å². The lowest BCUT2D eigenvalue weighted by atomic mass is 9.47. The van der Waals surface area contributed by atoms with Crippen LogP contribution in [0.4, 0.5) is 0 Å². The van der Waals surface area contributed by atoms with E-state index in [-0.39, 0.29) is 0 Å². The molecule has 0 spiro atoms. The summed E-state index contributed by atoms with van der Waals surface area (Å²) in [6.45, 7) is 19.3. The summed E-state index contributed by atoms with van der Waals surface area (Å²) in [6.07, 6.45) is 49.5. The summed E-state index contributed by atoms with van der Waals surface area (Å²) in [5.74, 6) is 5.48. The predicted octanol–water partition coefficient (Wildman–Crippen LogP) is 16.1. The smallest absolute Gasteiger partial charge is 0.0644 e. The summed E-state index contributed by atoms with van der Waals surface area (Å²) in [7, 11) is 4.30. The molecule has 4 aliphatic rings. The Morgan fingerprint density at radius 2 is 1.30 bits per heavy atom. The number of unbranched alkanes of at least 4 members (excludes halogenated alkanes) is 13. The topological polar surface area (TPSA) is 30.9 Å². The molecule has 4 rings (SSSR count). The molecule has 4 nitrogen and oxygen atoms in total. The van der Waals surface area contributed by atoms with E-state index < -0.39 is 0 Å². The number of rotatable bonds is 34. The van der Waals surface area contributed by atoms with E-state index in [0.717, 1.165) is 81.4 Å². The van der Waals surface area contributed by atoms with E-state index in [1.165, 1.54) is 167 Å². The van der Waals surface area contributed by atoms with Gasteiger partial charge in [0.25, 0.3) is 0 Å². The molecule has 9 atom stereocenters. The molecule has 3 fully saturated rings. The lowest BCUT2D eigenvalue weighted by molar-refractivity contribution is -0.0641. The van der Waals surface area contributed by atoms with Gasteiger partial charge in [-0.3, -0.25) is 0 Å². The minimum atomic E-state index is 0.335. The molecule has 0 heterocycles. The Morgan fingerprint density at radius 1 is 0.672 bits per heavy atom. The van der Waals surface area contributed by atoms with Crippen molar-refractivity contribution < 1.29 is 14.2 Å². The third kappa shape index (κ3) is 17.8. The molecular formula is C57H103NO3. The summed E-state index contributed by atoms with van der Waals surface area (Å²) < 4.78 is 18.8. The molecule has 61 heavy (non-hydrogen) atoms. The van der Waals surface area contributed by atoms with Crippen molar-refractivity contribution in [1.82, 2.24) is 4.90 Å². The average Bonchev–Trinajstić information content (AvgIpc) is 3.60.